The number of hydrogen-bond donors (Lipinski definition) is 1. The smallest absolute Gasteiger partial charge is 0.322 e. The molecule has 0 unspecified atom stereocenters. The predicted molar refractivity (Wildman–Crippen MR) is 150 cm³/mol. The maximum atomic E-state index is 13.9. The number of carbonyl (C=O) groups excluding carboxylic acids is 1. The average molecular weight is 532 g/mol. The highest BCUT2D eigenvalue weighted by Gasteiger charge is 2.34. The standard InChI is InChI=1S/C32H32F3N3O/c1-22-9-12-26(19-25(22)11-10-24(3)29-8-6-5-7-23(29)2)31(39)36-28-14-13-27(30(20-28)32(33,34)35)21-38-17-15-37(4)16-18-38/h5-9,12-14,19-20H,3,15-18,21H2,1-2,4H3,(H,36,39). The second kappa shape index (κ2) is 11.9. The predicted octanol–water partition coefficient (Wildman–Crippen LogP) is 6.39. The number of nitrogens with one attached hydrogen (secondary N) is 1. The zero-order valence-corrected chi connectivity index (χ0v) is 22.5. The Morgan fingerprint density at radius 1 is 0.974 bits per heavy atom. The van der Waals surface area contributed by atoms with Gasteiger partial charge in [-0.2, -0.15) is 13.2 Å². The lowest BCUT2D eigenvalue weighted by molar-refractivity contribution is -0.138. The van der Waals surface area contributed by atoms with Crippen LogP contribution in [0.3, 0.4) is 0 Å². The van der Waals surface area contributed by atoms with Gasteiger partial charge in [0, 0.05) is 55.1 Å². The highest BCUT2D eigenvalue weighted by Crippen LogP contribution is 2.34. The Labute approximate surface area is 228 Å². The molecule has 39 heavy (non-hydrogen) atoms. The van der Waals surface area contributed by atoms with Crippen LogP contribution in [-0.4, -0.2) is 48.9 Å². The van der Waals surface area contributed by atoms with E-state index in [1.165, 1.54) is 12.1 Å². The molecule has 1 saturated heterocycles. The lowest BCUT2D eigenvalue weighted by Crippen LogP contribution is -2.44. The van der Waals surface area contributed by atoms with Crippen LogP contribution in [0.1, 0.15) is 43.7 Å². The Bertz CT molecular complexity index is 1440. The molecule has 0 aliphatic carbocycles. The fourth-order valence-electron chi connectivity index (χ4n) is 4.53. The number of piperazine rings is 1. The molecule has 1 fully saturated rings. The van der Waals surface area contributed by atoms with Crippen LogP contribution in [0, 0.1) is 25.7 Å². The molecule has 0 atom stereocenters. The highest BCUT2D eigenvalue weighted by molar-refractivity contribution is 6.04. The van der Waals surface area contributed by atoms with Gasteiger partial charge in [0.15, 0.2) is 0 Å². The summed E-state index contributed by atoms with van der Waals surface area (Å²) in [6, 6.07) is 16.9. The molecule has 1 heterocycles. The number of amides is 1. The van der Waals surface area contributed by atoms with Crippen LogP contribution in [0.5, 0.6) is 0 Å². The van der Waals surface area contributed by atoms with Gasteiger partial charge in [-0.1, -0.05) is 54.8 Å². The number of allylic oxidation sites excluding steroid dienone is 1. The van der Waals surface area contributed by atoms with Crippen molar-refractivity contribution in [1.29, 1.82) is 0 Å². The number of halogens is 3. The Balaban J connectivity index is 1.52. The van der Waals surface area contributed by atoms with Crippen LogP contribution < -0.4 is 5.32 Å². The second-order valence-corrected chi connectivity index (χ2v) is 9.98. The molecule has 0 radical (unpaired) electrons. The average Bonchev–Trinajstić information content (AvgIpc) is 2.89. The fourth-order valence-corrected chi connectivity index (χ4v) is 4.53. The zero-order valence-electron chi connectivity index (χ0n) is 22.5. The van der Waals surface area contributed by atoms with Crippen LogP contribution in [0.25, 0.3) is 5.57 Å². The van der Waals surface area contributed by atoms with Crippen molar-refractivity contribution in [3.05, 3.63) is 106 Å². The van der Waals surface area contributed by atoms with E-state index in [0.29, 0.717) is 29.8 Å². The molecule has 202 valence electrons. The number of nitrogens with zero attached hydrogens (tertiary/aromatic N) is 2. The van der Waals surface area contributed by atoms with E-state index in [9.17, 15) is 18.0 Å². The number of likely N-dealkylation sites (N-methyl/N-ethyl adjacent to an activating group) is 1. The third-order valence-electron chi connectivity index (χ3n) is 6.98. The minimum absolute atomic E-state index is 0.0931. The van der Waals surface area contributed by atoms with Gasteiger partial charge in [-0.25, -0.2) is 0 Å². The quantitative estimate of drug-likeness (QED) is 0.388. The first-order chi connectivity index (χ1) is 18.5. The molecule has 3 aromatic carbocycles. The Hall–Kier alpha value is -3.86. The summed E-state index contributed by atoms with van der Waals surface area (Å²) in [7, 11) is 2.00. The summed E-state index contributed by atoms with van der Waals surface area (Å²) in [6.07, 6.45) is -4.53. The van der Waals surface area contributed by atoms with E-state index in [2.05, 4.69) is 28.6 Å². The number of hydrogen-bond acceptors (Lipinski definition) is 3. The third kappa shape index (κ3) is 7.17. The maximum absolute atomic E-state index is 13.9. The van der Waals surface area contributed by atoms with Gasteiger partial charge in [0.1, 0.15) is 0 Å². The summed E-state index contributed by atoms with van der Waals surface area (Å²) in [5.74, 6) is 5.66. The molecule has 0 saturated carbocycles. The molecule has 3 aromatic rings. The van der Waals surface area contributed by atoms with E-state index in [1.54, 1.807) is 18.2 Å². The van der Waals surface area contributed by atoms with E-state index in [1.807, 2.05) is 50.1 Å². The minimum Gasteiger partial charge on any atom is -0.322 e. The van der Waals surface area contributed by atoms with E-state index >= 15 is 0 Å². The van der Waals surface area contributed by atoms with Crippen LogP contribution in [-0.2, 0) is 12.7 Å². The van der Waals surface area contributed by atoms with Crippen LogP contribution >= 0.6 is 0 Å². The lowest BCUT2D eigenvalue weighted by atomic mass is 10.0. The van der Waals surface area contributed by atoms with Crippen molar-refractivity contribution in [2.24, 2.45) is 0 Å². The minimum atomic E-state index is -4.53. The Morgan fingerprint density at radius 3 is 2.38 bits per heavy atom. The molecular formula is C32H32F3N3O. The summed E-state index contributed by atoms with van der Waals surface area (Å²) >= 11 is 0. The summed E-state index contributed by atoms with van der Waals surface area (Å²) in [6.45, 7) is 11.2. The normalized spacial score (nSPS) is 14.4. The Kier molecular flexibility index (Phi) is 8.59. The fraction of sp³-hybridized carbons (Fsp3) is 0.281. The first-order valence-electron chi connectivity index (χ1n) is 12.8. The number of alkyl halides is 3. The largest absolute Gasteiger partial charge is 0.416 e. The SMILES string of the molecule is C=C(C#Cc1cc(C(=O)Nc2ccc(CN3CCN(C)CC3)c(C(F)(F)F)c2)ccc1C)c1ccccc1C. The van der Waals surface area contributed by atoms with Crippen molar-refractivity contribution in [2.75, 3.05) is 38.5 Å². The van der Waals surface area contributed by atoms with Crippen LogP contribution in [0.2, 0.25) is 0 Å². The summed E-state index contributed by atoms with van der Waals surface area (Å²) in [5.41, 5.74) is 4.08. The number of carbonyl (C=O) groups is 1. The van der Waals surface area contributed by atoms with Crippen LogP contribution in [0.4, 0.5) is 18.9 Å². The molecule has 4 rings (SSSR count). The van der Waals surface area contributed by atoms with Crippen molar-refractivity contribution in [3.63, 3.8) is 0 Å². The van der Waals surface area contributed by atoms with Crippen molar-refractivity contribution in [3.8, 4) is 11.8 Å². The second-order valence-electron chi connectivity index (χ2n) is 9.98. The van der Waals surface area contributed by atoms with Gasteiger partial charge in [-0.15, -0.1) is 0 Å². The monoisotopic (exact) mass is 531 g/mol. The van der Waals surface area contributed by atoms with E-state index < -0.39 is 17.6 Å². The van der Waals surface area contributed by atoms with Gasteiger partial charge in [0.2, 0.25) is 0 Å². The van der Waals surface area contributed by atoms with Crippen molar-refractivity contribution in [1.82, 2.24) is 9.80 Å². The van der Waals surface area contributed by atoms with E-state index in [0.717, 1.165) is 35.8 Å². The molecule has 1 N–H and O–H groups in total. The number of anilines is 1. The number of benzene rings is 3. The first-order valence-corrected chi connectivity index (χ1v) is 12.8. The summed E-state index contributed by atoms with van der Waals surface area (Å²) in [4.78, 5) is 17.2. The maximum Gasteiger partial charge on any atom is 0.416 e. The lowest BCUT2D eigenvalue weighted by Gasteiger charge is -2.33. The molecule has 4 nitrogen and oxygen atoms in total. The van der Waals surface area contributed by atoms with Gasteiger partial charge in [0.05, 0.1) is 5.56 Å². The Morgan fingerprint density at radius 2 is 1.69 bits per heavy atom. The molecular weight excluding hydrogens is 499 g/mol. The van der Waals surface area contributed by atoms with Crippen LogP contribution in [0.15, 0.2) is 67.2 Å². The molecule has 7 heteroatoms. The van der Waals surface area contributed by atoms with Gasteiger partial charge in [-0.05, 0) is 67.4 Å². The number of rotatable bonds is 5. The molecule has 1 amide bonds. The zero-order chi connectivity index (χ0) is 28.2. The molecule has 0 aromatic heterocycles. The third-order valence-corrected chi connectivity index (χ3v) is 6.98. The molecule has 0 bridgehead atoms. The highest BCUT2D eigenvalue weighted by atomic mass is 19.4. The van der Waals surface area contributed by atoms with Gasteiger partial charge in [-0.3, -0.25) is 9.69 Å². The summed E-state index contributed by atoms with van der Waals surface area (Å²) < 4.78 is 41.8. The van der Waals surface area contributed by atoms with Crippen molar-refractivity contribution < 1.29 is 18.0 Å². The topological polar surface area (TPSA) is 35.6 Å². The van der Waals surface area contributed by atoms with E-state index in [-0.39, 0.29) is 17.8 Å². The first kappa shape index (κ1) is 28.2. The van der Waals surface area contributed by atoms with Gasteiger partial charge >= 0.3 is 6.18 Å². The van der Waals surface area contributed by atoms with Crippen molar-refractivity contribution >= 4 is 17.2 Å². The number of aryl methyl sites for hydroxylation is 2. The van der Waals surface area contributed by atoms with Gasteiger partial charge in [0.25, 0.3) is 5.91 Å². The van der Waals surface area contributed by atoms with E-state index in [4.69, 9.17) is 0 Å². The van der Waals surface area contributed by atoms with Gasteiger partial charge < -0.3 is 10.2 Å². The molecule has 0 spiro atoms. The molecule has 1 aliphatic heterocycles. The molecule has 1 aliphatic rings. The van der Waals surface area contributed by atoms with Crippen molar-refractivity contribution in [2.45, 2.75) is 26.6 Å². The summed E-state index contributed by atoms with van der Waals surface area (Å²) in [5, 5.41) is 2.63.